The summed E-state index contributed by atoms with van der Waals surface area (Å²) in [4.78, 5) is 40.0. The zero-order valence-corrected chi connectivity index (χ0v) is 19.5. The number of rotatable bonds is 7. The van der Waals surface area contributed by atoms with Crippen molar-refractivity contribution in [2.75, 3.05) is 31.1 Å². The van der Waals surface area contributed by atoms with Crippen molar-refractivity contribution in [1.82, 2.24) is 4.90 Å². The Labute approximate surface area is 203 Å². The average molecular weight is 481 g/mol. The number of para-hydroxylation sites is 1. The number of carbonyl (C=O) groups excluding carboxylic acids is 3. The van der Waals surface area contributed by atoms with Crippen LogP contribution in [-0.4, -0.2) is 61.1 Å². The highest BCUT2D eigenvalue weighted by Crippen LogP contribution is 2.35. The molecule has 1 unspecified atom stereocenters. The molecule has 2 aliphatic rings. The minimum Gasteiger partial charge on any atom is -0.490 e. The lowest BCUT2D eigenvalue weighted by molar-refractivity contribution is -0.131. The molecule has 10 nitrogen and oxygen atoms in total. The molecular formula is C25H28N4O6. The van der Waals surface area contributed by atoms with Gasteiger partial charge < -0.3 is 24.8 Å². The monoisotopic (exact) mass is 480 g/mol. The summed E-state index contributed by atoms with van der Waals surface area (Å²) in [5.41, 5.74) is 6.71. The fraction of sp³-hybridized carbons (Fsp3) is 0.360. The van der Waals surface area contributed by atoms with Gasteiger partial charge in [-0.1, -0.05) is 6.07 Å². The van der Waals surface area contributed by atoms with Crippen LogP contribution in [0.4, 0.5) is 10.5 Å². The number of ether oxygens (including phenoxy) is 3. The lowest BCUT2D eigenvalue weighted by Gasteiger charge is -2.26. The number of carbonyl (C=O) groups is 3. The first-order valence-corrected chi connectivity index (χ1v) is 11.5. The van der Waals surface area contributed by atoms with E-state index in [1.165, 1.54) is 17.9 Å². The Bertz CT molecular complexity index is 1130. The molecule has 2 aromatic rings. The van der Waals surface area contributed by atoms with Gasteiger partial charge >= 0.3 is 12.1 Å². The Morgan fingerprint density at radius 1 is 1.11 bits per heavy atom. The first-order chi connectivity index (χ1) is 16.8. The number of hydrogen-bond donors (Lipinski definition) is 2. The number of nitrogens with one attached hydrogen (secondary N) is 1. The normalized spacial score (nSPS) is 17.6. The van der Waals surface area contributed by atoms with E-state index in [1.807, 2.05) is 4.90 Å². The van der Waals surface area contributed by atoms with E-state index in [1.54, 1.807) is 36.4 Å². The number of amidine groups is 1. The Kier molecular flexibility index (Phi) is 7.19. The minimum absolute atomic E-state index is 0.0213. The standard InChI is InChI=1S/C25H28N4O6/c1-16(30)34-22-20(23(26)27)6-5-7-21(22)29-14-19(35-25(29)32)15-33-18-10-8-17(9-11-18)24(31)28-12-3-2-4-13-28/h5-11,19H,2-4,12-15H2,1H3,(H3,26,27). The van der Waals surface area contributed by atoms with Crippen LogP contribution in [0.1, 0.15) is 42.1 Å². The molecule has 0 radical (unpaired) electrons. The molecule has 0 saturated carbocycles. The molecule has 0 bridgehead atoms. The molecule has 0 aromatic heterocycles. The summed E-state index contributed by atoms with van der Waals surface area (Å²) < 4.78 is 16.5. The Morgan fingerprint density at radius 2 is 1.83 bits per heavy atom. The van der Waals surface area contributed by atoms with E-state index in [9.17, 15) is 14.4 Å². The van der Waals surface area contributed by atoms with E-state index >= 15 is 0 Å². The minimum atomic E-state index is -0.629. The maximum absolute atomic E-state index is 12.6. The molecule has 2 aliphatic heterocycles. The van der Waals surface area contributed by atoms with Gasteiger partial charge in [-0.15, -0.1) is 0 Å². The lowest BCUT2D eigenvalue weighted by atomic mass is 10.1. The van der Waals surface area contributed by atoms with E-state index in [0.717, 1.165) is 32.4 Å². The highest BCUT2D eigenvalue weighted by Gasteiger charge is 2.35. The second kappa shape index (κ2) is 10.5. The van der Waals surface area contributed by atoms with E-state index in [2.05, 4.69) is 0 Å². The summed E-state index contributed by atoms with van der Waals surface area (Å²) in [5, 5.41) is 7.75. The van der Waals surface area contributed by atoms with Gasteiger partial charge in [0.25, 0.3) is 5.91 Å². The molecule has 10 heteroatoms. The van der Waals surface area contributed by atoms with Gasteiger partial charge in [0, 0.05) is 25.6 Å². The molecule has 35 heavy (non-hydrogen) atoms. The number of esters is 1. The number of cyclic esters (lactones) is 1. The molecule has 184 valence electrons. The largest absolute Gasteiger partial charge is 0.490 e. The molecule has 3 N–H and O–H groups in total. The van der Waals surface area contributed by atoms with Gasteiger partial charge in [0.05, 0.1) is 17.8 Å². The van der Waals surface area contributed by atoms with Crippen molar-refractivity contribution in [3.63, 3.8) is 0 Å². The predicted molar refractivity (Wildman–Crippen MR) is 128 cm³/mol. The molecule has 4 rings (SSSR count). The van der Waals surface area contributed by atoms with Gasteiger partial charge in [-0.25, -0.2) is 4.79 Å². The number of anilines is 1. The summed E-state index contributed by atoms with van der Waals surface area (Å²) in [6.45, 7) is 3.05. The number of likely N-dealkylation sites (tertiary alicyclic amines) is 1. The number of benzene rings is 2. The molecule has 0 spiro atoms. The zero-order valence-electron chi connectivity index (χ0n) is 19.5. The summed E-state index contributed by atoms with van der Waals surface area (Å²) >= 11 is 0. The second-order valence-corrected chi connectivity index (χ2v) is 8.47. The van der Waals surface area contributed by atoms with Gasteiger partial charge in [-0.2, -0.15) is 0 Å². The molecular weight excluding hydrogens is 452 g/mol. The van der Waals surface area contributed by atoms with Crippen LogP contribution >= 0.6 is 0 Å². The van der Waals surface area contributed by atoms with Gasteiger partial charge in [0.15, 0.2) is 11.9 Å². The maximum Gasteiger partial charge on any atom is 0.415 e. The van der Waals surface area contributed by atoms with Gasteiger partial charge in [0.2, 0.25) is 0 Å². The average Bonchev–Trinajstić information content (AvgIpc) is 3.23. The number of piperidine rings is 1. The third kappa shape index (κ3) is 5.53. The molecule has 2 amide bonds. The third-order valence-corrected chi connectivity index (χ3v) is 5.88. The first kappa shape index (κ1) is 24.1. The third-order valence-electron chi connectivity index (χ3n) is 5.88. The molecule has 1 atom stereocenters. The molecule has 0 aliphatic carbocycles. The van der Waals surface area contributed by atoms with Crippen molar-refractivity contribution in [1.29, 1.82) is 5.41 Å². The van der Waals surface area contributed by atoms with Crippen LogP contribution in [0, 0.1) is 5.41 Å². The summed E-state index contributed by atoms with van der Waals surface area (Å²) in [6, 6.07) is 11.7. The van der Waals surface area contributed by atoms with E-state index < -0.39 is 18.2 Å². The first-order valence-electron chi connectivity index (χ1n) is 11.5. The quantitative estimate of drug-likeness (QED) is 0.269. The molecule has 2 heterocycles. The number of nitrogens with two attached hydrogens (primary N) is 1. The Morgan fingerprint density at radius 3 is 2.49 bits per heavy atom. The zero-order chi connectivity index (χ0) is 24.9. The predicted octanol–water partition coefficient (Wildman–Crippen LogP) is 2.93. The van der Waals surface area contributed by atoms with E-state index in [4.69, 9.17) is 25.4 Å². The topological polar surface area (TPSA) is 135 Å². The van der Waals surface area contributed by atoms with Crippen molar-refractivity contribution in [2.45, 2.75) is 32.3 Å². The molecule has 2 saturated heterocycles. The lowest BCUT2D eigenvalue weighted by Crippen LogP contribution is -2.35. The maximum atomic E-state index is 12.6. The Balaban J connectivity index is 1.39. The number of nitrogen functional groups attached to an aromatic ring is 1. The summed E-state index contributed by atoms with van der Waals surface area (Å²) in [6.07, 6.45) is 2.02. The van der Waals surface area contributed by atoms with E-state index in [0.29, 0.717) is 11.3 Å². The van der Waals surface area contributed by atoms with Crippen LogP contribution in [0.25, 0.3) is 0 Å². The number of amides is 2. The van der Waals surface area contributed by atoms with Crippen molar-refractivity contribution in [3.05, 3.63) is 53.6 Å². The van der Waals surface area contributed by atoms with Gasteiger partial charge in [0.1, 0.15) is 18.2 Å². The van der Waals surface area contributed by atoms with Crippen molar-refractivity contribution in [2.24, 2.45) is 5.73 Å². The van der Waals surface area contributed by atoms with Crippen molar-refractivity contribution < 1.29 is 28.6 Å². The number of hydrogen-bond acceptors (Lipinski definition) is 7. The number of nitrogens with zero attached hydrogens (tertiary/aromatic N) is 2. The highest BCUT2D eigenvalue weighted by molar-refractivity contribution is 6.02. The fourth-order valence-electron chi connectivity index (χ4n) is 4.17. The van der Waals surface area contributed by atoms with E-state index in [-0.39, 0.29) is 41.9 Å². The molecule has 2 fully saturated rings. The van der Waals surface area contributed by atoms with Crippen LogP contribution in [-0.2, 0) is 9.53 Å². The fourth-order valence-corrected chi connectivity index (χ4v) is 4.17. The second-order valence-electron chi connectivity index (χ2n) is 8.47. The van der Waals surface area contributed by atoms with Crippen LogP contribution in [0.15, 0.2) is 42.5 Å². The van der Waals surface area contributed by atoms with Crippen LogP contribution in [0.2, 0.25) is 0 Å². The summed E-state index contributed by atoms with van der Waals surface area (Å²) in [7, 11) is 0. The molecule has 2 aromatic carbocycles. The van der Waals surface area contributed by atoms with Crippen LogP contribution < -0.4 is 20.1 Å². The van der Waals surface area contributed by atoms with Crippen molar-refractivity contribution >= 4 is 29.5 Å². The van der Waals surface area contributed by atoms with Gasteiger partial charge in [-0.05, 0) is 55.7 Å². The summed E-state index contributed by atoms with van der Waals surface area (Å²) in [5.74, 6) is -0.297. The van der Waals surface area contributed by atoms with Crippen LogP contribution in [0.3, 0.4) is 0 Å². The van der Waals surface area contributed by atoms with Crippen LogP contribution in [0.5, 0.6) is 11.5 Å². The highest BCUT2D eigenvalue weighted by atomic mass is 16.6. The van der Waals surface area contributed by atoms with Gasteiger partial charge in [-0.3, -0.25) is 19.9 Å². The van der Waals surface area contributed by atoms with Crippen molar-refractivity contribution in [3.8, 4) is 11.5 Å². The SMILES string of the molecule is CC(=O)Oc1c(C(=N)N)cccc1N1CC(COc2ccc(C(=O)N3CCCCC3)cc2)OC1=O. The Hall–Kier alpha value is -4.08. The smallest absolute Gasteiger partial charge is 0.415 e.